The molecule has 0 aromatic carbocycles. The molecule has 0 bridgehead atoms. The lowest BCUT2D eigenvalue weighted by Crippen LogP contribution is -2.40. The summed E-state index contributed by atoms with van der Waals surface area (Å²) in [5.74, 6) is 1.83. The maximum Gasteiger partial charge on any atom is 0.129 e. The van der Waals surface area contributed by atoms with Crippen LogP contribution in [0.4, 0.5) is 0 Å². The summed E-state index contributed by atoms with van der Waals surface area (Å²) < 4.78 is 10.7. The van der Waals surface area contributed by atoms with E-state index in [2.05, 4.69) is 12.2 Å². The molecule has 1 saturated carbocycles. The van der Waals surface area contributed by atoms with Gasteiger partial charge in [0.05, 0.1) is 6.26 Å². The van der Waals surface area contributed by atoms with Crippen molar-refractivity contribution in [1.82, 2.24) is 5.32 Å². The van der Waals surface area contributed by atoms with Crippen LogP contribution in [0.5, 0.6) is 0 Å². The van der Waals surface area contributed by atoms with E-state index in [0.717, 1.165) is 37.3 Å². The van der Waals surface area contributed by atoms with Gasteiger partial charge >= 0.3 is 0 Å². The van der Waals surface area contributed by atoms with Gasteiger partial charge in [0.15, 0.2) is 0 Å². The second-order valence-electron chi connectivity index (χ2n) is 4.71. The number of ether oxygens (including phenoxy) is 1. The van der Waals surface area contributed by atoms with E-state index >= 15 is 0 Å². The molecule has 0 spiro atoms. The zero-order chi connectivity index (χ0) is 11.2. The molecule has 0 unspecified atom stereocenters. The minimum Gasteiger partial charge on any atom is -0.467 e. The van der Waals surface area contributed by atoms with E-state index in [1.54, 1.807) is 6.26 Å². The Bertz CT molecular complexity index is 278. The highest BCUT2D eigenvalue weighted by molar-refractivity contribution is 4.95. The minimum absolute atomic E-state index is 0.591. The Morgan fingerprint density at radius 2 is 2.38 bits per heavy atom. The summed E-state index contributed by atoms with van der Waals surface area (Å²) in [6.45, 7) is 4.77. The van der Waals surface area contributed by atoms with Crippen LogP contribution < -0.4 is 5.32 Å². The SMILES string of the molecule is CC1CC(NCCCOCc2ccco2)C1. The summed E-state index contributed by atoms with van der Waals surface area (Å²) in [6.07, 6.45) is 5.43. The van der Waals surface area contributed by atoms with Gasteiger partial charge in [-0.3, -0.25) is 0 Å². The fourth-order valence-corrected chi connectivity index (χ4v) is 2.12. The van der Waals surface area contributed by atoms with Crippen LogP contribution in [0.1, 0.15) is 31.9 Å². The molecule has 3 nitrogen and oxygen atoms in total. The monoisotopic (exact) mass is 223 g/mol. The average molecular weight is 223 g/mol. The summed E-state index contributed by atoms with van der Waals surface area (Å²) >= 11 is 0. The minimum atomic E-state index is 0.591. The molecule has 1 aromatic heterocycles. The highest BCUT2D eigenvalue weighted by Gasteiger charge is 2.23. The second kappa shape index (κ2) is 6.06. The van der Waals surface area contributed by atoms with Crippen LogP contribution in [0.3, 0.4) is 0 Å². The van der Waals surface area contributed by atoms with E-state index in [4.69, 9.17) is 9.15 Å². The van der Waals surface area contributed by atoms with Gasteiger partial charge in [0.2, 0.25) is 0 Å². The van der Waals surface area contributed by atoms with Gasteiger partial charge in [-0.25, -0.2) is 0 Å². The molecule has 0 radical (unpaired) electrons. The topological polar surface area (TPSA) is 34.4 Å². The lowest BCUT2D eigenvalue weighted by Gasteiger charge is -2.33. The molecule has 1 aromatic rings. The molecule has 3 heteroatoms. The Morgan fingerprint density at radius 3 is 3.06 bits per heavy atom. The van der Waals surface area contributed by atoms with Crippen LogP contribution in [0, 0.1) is 5.92 Å². The van der Waals surface area contributed by atoms with E-state index in [1.807, 2.05) is 12.1 Å². The first-order chi connectivity index (χ1) is 7.84. The third-order valence-corrected chi connectivity index (χ3v) is 3.10. The number of rotatable bonds is 7. The van der Waals surface area contributed by atoms with Crippen LogP contribution in [-0.4, -0.2) is 19.2 Å². The molecule has 0 atom stereocenters. The fourth-order valence-electron chi connectivity index (χ4n) is 2.12. The third kappa shape index (κ3) is 3.65. The summed E-state index contributed by atoms with van der Waals surface area (Å²) in [5, 5.41) is 3.54. The van der Waals surface area contributed by atoms with E-state index in [1.165, 1.54) is 12.8 Å². The van der Waals surface area contributed by atoms with Crippen molar-refractivity contribution in [3.05, 3.63) is 24.2 Å². The summed E-state index contributed by atoms with van der Waals surface area (Å²) in [5.41, 5.74) is 0. The molecule has 0 amide bonds. The van der Waals surface area contributed by atoms with Crippen LogP contribution in [0.25, 0.3) is 0 Å². The lowest BCUT2D eigenvalue weighted by molar-refractivity contribution is 0.102. The first-order valence-electron chi connectivity index (χ1n) is 6.18. The van der Waals surface area contributed by atoms with Gasteiger partial charge in [-0.05, 0) is 43.9 Å². The Kier molecular flexibility index (Phi) is 4.43. The number of furan rings is 1. The summed E-state index contributed by atoms with van der Waals surface area (Å²) in [7, 11) is 0. The van der Waals surface area contributed by atoms with Gasteiger partial charge in [-0.1, -0.05) is 6.92 Å². The Morgan fingerprint density at radius 1 is 1.50 bits per heavy atom. The Labute approximate surface area is 97.2 Å². The average Bonchev–Trinajstić information content (AvgIpc) is 2.73. The Hall–Kier alpha value is -0.800. The highest BCUT2D eigenvalue weighted by atomic mass is 16.5. The van der Waals surface area contributed by atoms with Crippen LogP contribution in [0.15, 0.2) is 22.8 Å². The smallest absolute Gasteiger partial charge is 0.129 e. The maximum absolute atomic E-state index is 5.50. The molecule has 1 fully saturated rings. The molecule has 2 rings (SSSR count). The molecule has 1 aliphatic rings. The number of hydrogen-bond donors (Lipinski definition) is 1. The Balaban J connectivity index is 1.41. The van der Waals surface area contributed by atoms with Crippen molar-refractivity contribution in [2.75, 3.05) is 13.2 Å². The van der Waals surface area contributed by atoms with E-state index in [-0.39, 0.29) is 0 Å². The van der Waals surface area contributed by atoms with Crippen molar-refractivity contribution in [3.8, 4) is 0 Å². The van der Waals surface area contributed by atoms with Crippen LogP contribution >= 0.6 is 0 Å². The van der Waals surface area contributed by atoms with Crippen molar-refractivity contribution < 1.29 is 9.15 Å². The normalized spacial score (nSPS) is 24.3. The fraction of sp³-hybridized carbons (Fsp3) is 0.692. The molecule has 1 heterocycles. The number of nitrogens with one attached hydrogen (secondary N) is 1. The molecule has 0 saturated heterocycles. The largest absolute Gasteiger partial charge is 0.467 e. The van der Waals surface area contributed by atoms with Gasteiger partial charge in [-0.15, -0.1) is 0 Å². The first kappa shape index (κ1) is 11.7. The predicted molar refractivity (Wildman–Crippen MR) is 63.2 cm³/mol. The summed E-state index contributed by atoms with van der Waals surface area (Å²) in [6, 6.07) is 4.59. The molecule has 16 heavy (non-hydrogen) atoms. The van der Waals surface area contributed by atoms with E-state index in [9.17, 15) is 0 Å². The first-order valence-corrected chi connectivity index (χ1v) is 6.18. The third-order valence-electron chi connectivity index (χ3n) is 3.10. The van der Waals surface area contributed by atoms with Gasteiger partial charge in [0.1, 0.15) is 12.4 Å². The standard InChI is InChI=1S/C13H21NO2/c1-11-8-12(9-11)14-5-3-6-15-10-13-4-2-7-16-13/h2,4,7,11-12,14H,3,5-6,8-10H2,1H3. The highest BCUT2D eigenvalue weighted by Crippen LogP contribution is 2.25. The van der Waals surface area contributed by atoms with Crippen molar-refractivity contribution in [2.45, 2.75) is 38.8 Å². The molecule has 90 valence electrons. The predicted octanol–water partition coefficient (Wildman–Crippen LogP) is 2.57. The van der Waals surface area contributed by atoms with Crippen LogP contribution in [0.2, 0.25) is 0 Å². The molecular formula is C13H21NO2. The second-order valence-corrected chi connectivity index (χ2v) is 4.71. The molecule has 1 aliphatic carbocycles. The van der Waals surface area contributed by atoms with E-state index in [0.29, 0.717) is 6.61 Å². The van der Waals surface area contributed by atoms with Crippen molar-refractivity contribution >= 4 is 0 Å². The zero-order valence-corrected chi connectivity index (χ0v) is 9.95. The molecular weight excluding hydrogens is 202 g/mol. The van der Waals surface area contributed by atoms with Crippen molar-refractivity contribution in [1.29, 1.82) is 0 Å². The lowest BCUT2D eigenvalue weighted by atomic mass is 9.82. The van der Waals surface area contributed by atoms with E-state index < -0.39 is 0 Å². The van der Waals surface area contributed by atoms with Gasteiger partial charge in [0, 0.05) is 12.6 Å². The molecule has 1 N–H and O–H groups in total. The van der Waals surface area contributed by atoms with Crippen molar-refractivity contribution in [3.63, 3.8) is 0 Å². The quantitative estimate of drug-likeness (QED) is 0.721. The number of hydrogen-bond acceptors (Lipinski definition) is 3. The van der Waals surface area contributed by atoms with Crippen LogP contribution in [-0.2, 0) is 11.3 Å². The maximum atomic E-state index is 5.50. The van der Waals surface area contributed by atoms with Gasteiger partial charge in [-0.2, -0.15) is 0 Å². The molecule has 0 aliphatic heterocycles. The summed E-state index contributed by atoms with van der Waals surface area (Å²) in [4.78, 5) is 0. The van der Waals surface area contributed by atoms with Gasteiger partial charge in [0.25, 0.3) is 0 Å². The van der Waals surface area contributed by atoms with Gasteiger partial charge < -0.3 is 14.5 Å². The zero-order valence-electron chi connectivity index (χ0n) is 9.95. The van der Waals surface area contributed by atoms with Crippen molar-refractivity contribution in [2.24, 2.45) is 5.92 Å².